The van der Waals surface area contributed by atoms with Gasteiger partial charge in [0.1, 0.15) is 12.7 Å². The molecule has 2 aromatic carbocycles. The molecule has 2 atom stereocenters. The second-order valence-corrected chi connectivity index (χ2v) is 13.0. The highest BCUT2D eigenvalue weighted by molar-refractivity contribution is 5.57. The lowest BCUT2D eigenvalue weighted by molar-refractivity contribution is 0.207. The van der Waals surface area contributed by atoms with Crippen molar-refractivity contribution in [2.75, 3.05) is 24.5 Å². The van der Waals surface area contributed by atoms with Gasteiger partial charge in [-0.3, -0.25) is 4.68 Å². The third kappa shape index (κ3) is 9.43. The Hall–Kier alpha value is -2.66. The smallest absolute Gasteiger partial charge is 0.137 e. The van der Waals surface area contributed by atoms with Crippen molar-refractivity contribution in [3.8, 4) is 0 Å². The molecule has 1 N–H and O–H groups in total. The van der Waals surface area contributed by atoms with Gasteiger partial charge in [-0.05, 0) is 97.6 Å². The fourth-order valence-corrected chi connectivity index (χ4v) is 6.68. The van der Waals surface area contributed by atoms with E-state index in [1.54, 1.807) is 11.9 Å². The van der Waals surface area contributed by atoms with Crippen LogP contribution in [0.2, 0.25) is 0 Å². The number of unbranched alkanes of at least 4 members (excludes halogenated alkanes) is 2. The number of benzene rings is 2. The van der Waals surface area contributed by atoms with Crippen LogP contribution in [0.1, 0.15) is 108 Å². The van der Waals surface area contributed by atoms with Gasteiger partial charge < -0.3 is 10.2 Å². The molecule has 0 amide bonds. The van der Waals surface area contributed by atoms with Gasteiger partial charge in [-0.25, -0.2) is 4.98 Å². The molecule has 41 heavy (non-hydrogen) atoms. The highest BCUT2D eigenvalue weighted by atomic mass is 15.3. The summed E-state index contributed by atoms with van der Waals surface area (Å²) >= 11 is 0. The molecule has 2 aliphatic heterocycles. The maximum Gasteiger partial charge on any atom is 0.137 e. The van der Waals surface area contributed by atoms with E-state index in [9.17, 15) is 0 Å². The Labute approximate surface area is 250 Å². The maximum absolute atomic E-state index is 4.26. The van der Waals surface area contributed by atoms with Crippen molar-refractivity contribution >= 4 is 5.69 Å². The summed E-state index contributed by atoms with van der Waals surface area (Å²) in [5, 5.41) is 7.99. The summed E-state index contributed by atoms with van der Waals surface area (Å²) in [6, 6.07) is 16.9. The summed E-state index contributed by atoms with van der Waals surface area (Å²) in [4.78, 5) is 6.66. The zero-order valence-corrected chi connectivity index (χ0v) is 26.5. The molecule has 3 aromatic rings. The number of anilines is 1. The van der Waals surface area contributed by atoms with Crippen LogP contribution in [0, 0.1) is 5.41 Å². The van der Waals surface area contributed by atoms with Crippen molar-refractivity contribution < 1.29 is 0 Å². The second-order valence-electron chi connectivity index (χ2n) is 13.0. The van der Waals surface area contributed by atoms with Crippen molar-refractivity contribution in [1.82, 2.24) is 20.1 Å². The number of hydrogen-bond donors (Lipinski definition) is 1. The van der Waals surface area contributed by atoms with E-state index in [2.05, 4.69) is 97.4 Å². The van der Waals surface area contributed by atoms with Crippen LogP contribution < -0.4 is 10.2 Å². The van der Waals surface area contributed by atoms with Crippen molar-refractivity contribution in [3.05, 3.63) is 77.4 Å². The number of aromatic nitrogens is 3. The standard InChI is InChI=1S/C20H30N4.C16H25N/c1-4-16-5-7-17(8-6-16)18-9-10-22-19(11-18)12-20(2,3)13-24-15-21-14-23-24;1-3-5-6-11-17-12-7-8-15-10-9-14(4-2)13-16(15)17/h5-8,14-15,18-19,22H,4,9-13H2,1-3H3;9-10,13H,3-8,11-12H2,1-2H3/t18-,19-;/m1./s1. The Bertz CT molecular complexity index is 1150. The maximum atomic E-state index is 4.26. The van der Waals surface area contributed by atoms with E-state index in [1.807, 2.05) is 11.0 Å². The van der Waals surface area contributed by atoms with Crippen molar-refractivity contribution in [1.29, 1.82) is 0 Å². The van der Waals surface area contributed by atoms with Gasteiger partial charge in [-0.2, -0.15) is 5.10 Å². The number of fused-ring (bicyclic) bond motifs is 1. The molecule has 0 bridgehead atoms. The minimum absolute atomic E-state index is 0.208. The normalized spacial score (nSPS) is 18.9. The summed E-state index contributed by atoms with van der Waals surface area (Å²) in [6.45, 7) is 15.9. The van der Waals surface area contributed by atoms with Crippen LogP contribution in [0.4, 0.5) is 5.69 Å². The topological polar surface area (TPSA) is 46.0 Å². The van der Waals surface area contributed by atoms with Crippen molar-refractivity contribution in [2.24, 2.45) is 5.41 Å². The van der Waals surface area contributed by atoms with Gasteiger partial charge >= 0.3 is 0 Å². The van der Waals surface area contributed by atoms with Crippen LogP contribution in [0.5, 0.6) is 0 Å². The first kappa shape index (κ1) is 31.3. The molecule has 0 radical (unpaired) electrons. The van der Waals surface area contributed by atoms with E-state index in [1.165, 1.54) is 80.4 Å². The molecule has 0 unspecified atom stereocenters. The third-order valence-electron chi connectivity index (χ3n) is 9.01. The van der Waals surface area contributed by atoms with Crippen molar-refractivity contribution in [2.45, 2.75) is 117 Å². The molecule has 5 nitrogen and oxygen atoms in total. The lowest BCUT2D eigenvalue weighted by atomic mass is 9.78. The fourth-order valence-electron chi connectivity index (χ4n) is 6.68. The predicted octanol–water partition coefficient (Wildman–Crippen LogP) is 7.98. The van der Waals surface area contributed by atoms with Crippen LogP contribution in [0.3, 0.4) is 0 Å². The van der Waals surface area contributed by atoms with Gasteiger partial charge in [-0.1, -0.05) is 83.9 Å². The van der Waals surface area contributed by atoms with Gasteiger partial charge in [-0.15, -0.1) is 0 Å². The van der Waals surface area contributed by atoms with E-state index in [0.717, 1.165) is 32.4 Å². The number of nitrogens with one attached hydrogen (secondary N) is 1. The summed E-state index contributed by atoms with van der Waals surface area (Å²) in [7, 11) is 0. The predicted molar refractivity (Wildman–Crippen MR) is 174 cm³/mol. The SMILES string of the molecule is CCCCCN1CCCc2ccc(CC)cc21.CCc1ccc([C@@H]2CCN[C@@H](CC(C)(C)Cn3cncn3)C2)cc1. The van der Waals surface area contributed by atoms with E-state index >= 15 is 0 Å². The summed E-state index contributed by atoms with van der Waals surface area (Å²) in [5.74, 6) is 0.685. The first-order valence-electron chi connectivity index (χ1n) is 16.4. The van der Waals surface area contributed by atoms with Gasteiger partial charge in [0.2, 0.25) is 0 Å². The summed E-state index contributed by atoms with van der Waals surface area (Å²) < 4.78 is 1.95. The largest absolute Gasteiger partial charge is 0.371 e. The number of aryl methyl sites for hydroxylation is 3. The van der Waals surface area contributed by atoms with Gasteiger partial charge in [0.05, 0.1) is 0 Å². The number of rotatable bonds is 11. The first-order chi connectivity index (χ1) is 19.9. The van der Waals surface area contributed by atoms with E-state index in [-0.39, 0.29) is 5.41 Å². The average molecular weight is 558 g/mol. The molecule has 224 valence electrons. The van der Waals surface area contributed by atoms with Crippen LogP contribution in [0.25, 0.3) is 0 Å². The molecular formula is C36H55N5. The highest BCUT2D eigenvalue weighted by Gasteiger charge is 2.29. The molecular weight excluding hydrogens is 502 g/mol. The zero-order chi connectivity index (χ0) is 29.1. The molecule has 5 rings (SSSR count). The Balaban J connectivity index is 0.000000201. The Morgan fingerprint density at radius 1 is 0.976 bits per heavy atom. The average Bonchev–Trinajstić information content (AvgIpc) is 3.49. The lowest BCUT2D eigenvalue weighted by Gasteiger charge is -2.36. The quantitative estimate of drug-likeness (QED) is 0.243. The molecule has 2 aliphatic rings. The molecule has 0 aliphatic carbocycles. The van der Waals surface area contributed by atoms with Crippen LogP contribution in [-0.2, 0) is 25.8 Å². The molecule has 3 heterocycles. The van der Waals surface area contributed by atoms with Gasteiger partial charge in [0.15, 0.2) is 0 Å². The Kier molecular flexibility index (Phi) is 11.9. The number of hydrogen-bond acceptors (Lipinski definition) is 4. The van der Waals surface area contributed by atoms with E-state index in [4.69, 9.17) is 0 Å². The van der Waals surface area contributed by atoms with E-state index in [0.29, 0.717) is 12.0 Å². The molecule has 1 saturated heterocycles. The molecule has 0 spiro atoms. The molecule has 1 aromatic heterocycles. The minimum Gasteiger partial charge on any atom is -0.371 e. The lowest BCUT2D eigenvalue weighted by Crippen LogP contribution is -2.41. The molecule has 0 saturated carbocycles. The Morgan fingerprint density at radius 3 is 2.46 bits per heavy atom. The highest BCUT2D eigenvalue weighted by Crippen LogP contribution is 2.34. The van der Waals surface area contributed by atoms with Gasteiger partial charge in [0.25, 0.3) is 0 Å². The molecule has 5 heteroatoms. The van der Waals surface area contributed by atoms with Crippen molar-refractivity contribution in [3.63, 3.8) is 0 Å². The fraction of sp³-hybridized carbons (Fsp3) is 0.611. The summed E-state index contributed by atoms with van der Waals surface area (Å²) in [6.07, 6.45) is 15.9. The van der Waals surface area contributed by atoms with Crippen LogP contribution in [-0.4, -0.2) is 40.4 Å². The zero-order valence-electron chi connectivity index (χ0n) is 26.5. The van der Waals surface area contributed by atoms with Crippen LogP contribution >= 0.6 is 0 Å². The van der Waals surface area contributed by atoms with Gasteiger partial charge in [0, 0.05) is 31.4 Å². The van der Waals surface area contributed by atoms with Crippen LogP contribution in [0.15, 0.2) is 55.1 Å². The van der Waals surface area contributed by atoms with E-state index < -0.39 is 0 Å². The third-order valence-corrected chi connectivity index (χ3v) is 9.01. The number of piperidine rings is 1. The number of nitrogens with zero attached hydrogens (tertiary/aromatic N) is 4. The molecule has 1 fully saturated rings. The Morgan fingerprint density at radius 2 is 1.76 bits per heavy atom. The minimum atomic E-state index is 0.208. The monoisotopic (exact) mass is 557 g/mol. The first-order valence-corrected chi connectivity index (χ1v) is 16.4. The summed E-state index contributed by atoms with van der Waals surface area (Å²) in [5.41, 5.74) is 7.70. The second kappa shape index (κ2) is 15.5.